The summed E-state index contributed by atoms with van der Waals surface area (Å²) < 4.78 is 11.3. The first kappa shape index (κ1) is 17.6. The second-order valence-corrected chi connectivity index (χ2v) is 6.41. The lowest BCUT2D eigenvalue weighted by molar-refractivity contribution is 0.0378. The van der Waals surface area contributed by atoms with Crippen molar-refractivity contribution in [2.24, 2.45) is 0 Å². The maximum atomic E-state index is 5.87. The molecule has 3 heterocycles. The predicted octanol–water partition coefficient (Wildman–Crippen LogP) is 2.93. The Labute approximate surface area is 158 Å². The fourth-order valence-electron chi connectivity index (χ4n) is 3.08. The van der Waals surface area contributed by atoms with E-state index in [0.29, 0.717) is 11.8 Å². The van der Waals surface area contributed by atoms with Crippen molar-refractivity contribution in [3.63, 3.8) is 0 Å². The Balaban J connectivity index is 1.40. The number of pyridine rings is 1. The molecule has 1 aliphatic heterocycles. The van der Waals surface area contributed by atoms with Crippen molar-refractivity contribution in [3.05, 3.63) is 48.7 Å². The first-order valence-corrected chi connectivity index (χ1v) is 9.28. The van der Waals surface area contributed by atoms with Gasteiger partial charge in [0, 0.05) is 31.4 Å². The van der Waals surface area contributed by atoms with Crippen molar-refractivity contribution < 1.29 is 9.15 Å². The minimum atomic E-state index is 0.470. The highest BCUT2D eigenvalue weighted by Crippen LogP contribution is 2.27. The van der Waals surface area contributed by atoms with Crippen LogP contribution in [0.3, 0.4) is 0 Å². The standard InChI is InChI=1S/C20H23N5O2/c1-2-6-16(7-3-1)19-23-24-20(27-19)17-8-4-9-21-18(17)22-10-5-11-25-12-14-26-15-13-25/h1-4,6-9H,5,10-15H2,(H,21,22). The van der Waals surface area contributed by atoms with Crippen molar-refractivity contribution in [2.75, 3.05) is 44.7 Å². The number of anilines is 1. The Kier molecular flexibility index (Phi) is 5.71. The van der Waals surface area contributed by atoms with Gasteiger partial charge >= 0.3 is 0 Å². The summed E-state index contributed by atoms with van der Waals surface area (Å²) in [7, 11) is 0. The van der Waals surface area contributed by atoms with Gasteiger partial charge in [-0.25, -0.2) is 4.98 Å². The largest absolute Gasteiger partial charge is 0.416 e. The van der Waals surface area contributed by atoms with Crippen LogP contribution in [0.2, 0.25) is 0 Å². The lowest BCUT2D eigenvalue weighted by Crippen LogP contribution is -2.37. The SMILES string of the molecule is c1ccc(-c2nnc(-c3cccnc3NCCCN3CCOCC3)o2)cc1. The minimum absolute atomic E-state index is 0.470. The third kappa shape index (κ3) is 4.50. The van der Waals surface area contributed by atoms with Crippen molar-refractivity contribution in [3.8, 4) is 22.9 Å². The third-order valence-corrected chi connectivity index (χ3v) is 4.53. The Bertz CT molecular complexity index is 846. The Hall–Kier alpha value is -2.77. The average molecular weight is 365 g/mol. The van der Waals surface area contributed by atoms with Gasteiger partial charge in [0.05, 0.1) is 18.8 Å². The normalized spacial score (nSPS) is 15.0. The summed E-state index contributed by atoms with van der Waals surface area (Å²) in [6.07, 6.45) is 2.80. The molecule has 7 heteroatoms. The van der Waals surface area contributed by atoms with Gasteiger partial charge in [-0.05, 0) is 37.2 Å². The van der Waals surface area contributed by atoms with Crippen LogP contribution in [0, 0.1) is 0 Å². The summed E-state index contributed by atoms with van der Waals surface area (Å²) in [5.41, 5.74) is 1.72. The summed E-state index contributed by atoms with van der Waals surface area (Å²) in [4.78, 5) is 6.87. The van der Waals surface area contributed by atoms with E-state index in [9.17, 15) is 0 Å². The number of hydrogen-bond donors (Lipinski definition) is 1. The van der Waals surface area contributed by atoms with Crippen LogP contribution in [-0.4, -0.2) is 59.5 Å². The summed E-state index contributed by atoms with van der Waals surface area (Å²) in [5, 5.41) is 11.8. The molecule has 0 bridgehead atoms. The quantitative estimate of drug-likeness (QED) is 0.645. The van der Waals surface area contributed by atoms with Gasteiger partial charge in [-0.3, -0.25) is 4.90 Å². The Morgan fingerprint density at radius 3 is 2.63 bits per heavy atom. The zero-order chi connectivity index (χ0) is 18.3. The molecule has 27 heavy (non-hydrogen) atoms. The summed E-state index contributed by atoms with van der Waals surface area (Å²) in [5.74, 6) is 1.74. The lowest BCUT2D eigenvalue weighted by atomic mass is 10.2. The van der Waals surface area contributed by atoms with Crippen LogP contribution in [0.15, 0.2) is 53.1 Å². The molecule has 1 fully saturated rings. The molecule has 0 spiro atoms. The smallest absolute Gasteiger partial charge is 0.251 e. The molecule has 0 atom stereocenters. The fourth-order valence-corrected chi connectivity index (χ4v) is 3.08. The monoisotopic (exact) mass is 365 g/mol. The first-order valence-electron chi connectivity index (χ1n) is 9.28. The van der Waals surface area contributed by atoms with E-state index in [1.807, 2.05) is 42.5 Å². The molecule has 0 radical (unpaired) electrons. The van der Waals surface area contributed by atoms with Gasteiger partial charge in [0.1, 0.15) is 5.82 Å². The summed E-state index contributed by atoms with van der Waals surface area (Å²) in [6.45, 7) is 5.58. The van der Waals surface area contributed by atoms with Gasteiger partial charge in [0.25, 0.3) is 5.89 Å². The van der Waals surface area contributed by atoms with E-state index < -0.39 is 0 Å². The minimum Gasteiger partial charge on any atom is -0.416 e. The van der Waals surface area contributed by atoms with E-state index in [0.717, 1.165) is 62.8 Å². The van der Waals surface area contributed by atoms with Gasteiger partial charge in [-0.15, -0.1) is 10.2 Å². The van der Waals surface area contributed by atoms with Crippen molar-refractivity contribution >= 4 is 5.82 Å². The second kappa shape index (κ2) is 8.75. The molecule has 4 rings (SSSR count). The number of benzene rings is 1. The number of ether oxygens (including phenoxy) is 1. The Morgan fingerprint density at radius 1 is 0.963 bits per heavy atom. The maximum Gasteiger partial charge on any atom is 0.251 e. The molecule has 2 aromatic heterocycles. The molecule has 0 unspecified atom stereocenters. The molecule has 1 aromatic carbocycles. The van der Waals surface area contributed by atoms with E-state index in [4.69, 9.17) is 9.15 Å². The van der Waals surface area contributed by atoms with E-state index >= 15 is 0 Å². The highest BCUT2D eigenvalue weighted by Gasteiger charge is 2.15. The van der Waals surface area contributed by atoms with Crippen LogP contribution >= 0.6 is 0 Å². The van der Waals surface area contributed by atoms with Gasteiger partial charge in [-0.2, -0.15) is 0 Å². The highest BCUT2D eigenvalue weighted by molar-refractivity contribution is 5.69. The molecule has 1 saturated heterocycles. The topological polar surface area (TPSA) is 76.3 Å². The third-order valence-electron chi connectivity index (χ3n) is 4.53. The van der Waals surface area contributed by atoms with E-state index in [-0.39, 0.29) is 0 Å². The number of rotatable bonds is 7. The van der Waals surface area contributed by atoms with Gasteiger partial charge in [-0.1, -0.05) is 18.2 Å². The molecule has 0 aliphatic carbocycles. The van der Waals surface area contributed by atoms with E-state index in [1.54, 1.807) is 6.20 Å². The molecular formula is C20H23N5O2. The summed E-state index contributed by atoms with van der Waals surface area (Å²) in [6, 6.07) is 13.6. The molecule has 7 nitrogen and oxygen atoms in total. The van der Waals surface area contributed by atoms with Gasteiger partial charge in [0.2, 0.25) is 5.89 Å². The van der Waals surface area contributed by atoms with E-state index in [2.05, 4.69) is 25.4 Å². The van der Waals surface area contributed by atoms with Crippen molar-refractivity contribution in [1.29, 1.82) is 0 Å². The maximum absolute atomic E-state index is 5.87. The number of hydrogen-bond acceptors (Lipinski definition) is 7. The van der Waals surface area contributed by atoms with Crippen LogP contribution < -0.4 is 5.32 Å². The lowest BCUT2D eigenvalue weighted by Gasteiger charge is -2.26. The average Bonchev–Trinajstić information content (AvgIpc) is 3.23. The molecular weight excluding hydrogens is 342 g/mol. The van der Waals surface area contributed by atoms with Crippen LogP contribution in [0.5, 0.6) is 0 Å². The van der Waals surface area contributed by atoms with Crippen LogP contribution in [-0.2, 0) is 4.74 Å². The Morgan fingerprint density at radius 2 is 1.78 bits per heavy atom. The summed E-state index contributed by atoms with van der Waals surface area (Å²) >= 11 is 0. The number of nitrogens with zero attached hydrogens (tertiary/aromatic N) is 4. The van der Waals surface area contributed by atoms with Gasteiger partial charge < -0.3 is 14.5 Å². The van der Waals surface area contributed by atoms with Crippen LogP contribution in [0.25, 0.3) is 22.9 Å². The number of nitrogens with one attached hydrogen (secondary N) is 1. The molecule has 0 amide bonds. The second-order valence-electron chi connectivity index (χ2n) is 6.41. The molecule has 1 aliphatic rings. The molecule has 3 aromatic rings. The van der Waals surface area contributed by atoms with Gasteiger partial charge in [0.15, 0.2) is 0 Å². The zero-order valence-corrected chi connectivity index (χ0v) is 15.2. The van der Waals surface area contributed by atoms with Crippen molar-refractivity contribution in [2.45, 2.75) is 6.42 Å². The molecule has 0 saturated carbocycles. The van der Waals surface area contributed by atoms with Crippen LogP contribution in [0.1, 0.15) is 6.42 Å². The first-order chi connectivity index (χ1) is 13.4. The van der Waals surface area contributed by atoms with Crippen LogP contribution in [0.4, 0.5) is 5.82 Å². The zero-order valence-electron chi connectivity index (χ0n) is 15.2. The number of aromatic nitrogens is 3. The number of morpholine rings is 1. The fraction of sp³-hybridized carbons (Fsp3) is 0.350. The highest BCUT2D eigenvalue weighted by atomic mass is 16.5. The molecule has 1 N–H and O–H groups in total. The predicted molar refractivity (Wildman–Crippen MR) is 103 cm³/mol. The molecule has 140 valence electrons. The van der Waals surface area contributed by atoms with E-state index in [1.165, 1.54) is 0 Å². The van der Waals surface area contributed by atoms with Crippen molar-refractivity contribution in [1.82, 2.24) is 20.1 Å².